The van der Waals surface area contributed by atoms with E-state index in [1.54, 1.807) is 4.90 Å². The molecule has 0 bridgehead atoms. The maximum Gasteiger partial charge on any atom is 0.256 e. The van der Waals surface area contributed by atoms with E-state index in [9.17, 15) is 14.3 Å². The van der Waals surface area contributed by atoms with Crippen molar-refractivity contribution in [2.45, 2.75) is 19.4 Å². The van der Waals surface area contributed by atoms with Crippen molar-refractivity contribution < 1.29 is 14.3 Å². The monoisotopic (exact) mass is 252 g/mol. The lowest BCUT2D eigenvalue weighted by atomic mass is 10.0. The molecule has 18 heavy (non-hydrogen) atoms. The molecule has 5 heteroatoms. The summed E-state index contributed by atoms with van der Waals surface area (Å²) in [5, 5.41) is 9.33. The van der Waals surface area contributed by atoms with Crippen molar-refractivity contribution in [2.24, 2.45) is 5.92 Å². The van der Waals surface area contributed by atoms with Gasteiger partial charge in [-0.05, 0) is 30.5 Å². The third-order valence-corrected chi connectivity index (χ3v) is 3.58. The van der Waals surface area contributed by atoms with E-state index in [4.69, 9.17) is 5.73 Å². The highest BCUT2D eigenvalue weighted by molar-refractivity contribution is 5.99. The number of nitrogens with two attached hydrogens (primary N) is 1. The number of amides is 1. The fourth-order valence-corrected chi connectivity index (χ4v) is 2.41. The zero-order chi connectivity index (χ0) is 13.3. The van der Waals surface area contributed by atoms with Crippen molar-refractivity contribution in [3.8, 4) is 0 Å². The molecule has 1 aliphatic rings. The first kappa shape index (κ1) is 12.8. The molecule has 1 aromatic rings. The van der Waals surface area contributed by atoms with Crippen LogP contribution in [-0.2, 0) is 0 Å². The van der Waals surface area contributed by atoms with Crippen LogP contribution in [0.4, 0.5) is 10.1 Å². The van der Waals surface area contributed by atoms with Gasteiger partial charge in [0.25, 0.3) is 5.91 Å². The van der Waals surface area contributed by atoms with Gasteiger partial charge in [0.05, 0.1) is 18.2 Å². The number of anilines is 1. The minimum absolute atomic E-state index is 0.0812. The van der Waals surface area contributed by atoms with E-state index in [0.29, 0.717) is 6.54 Å². The van der Waals surface area contributed by atoms with Crippen molar-refractivity contribution in [3.63, 3.8) is 0 Å². The van der Waals surface area contributed by atoms with Gasteiger partial charge in [0, 0.05) is 12.2 Å². The van der Waals surface area contributed by atoms with Crippen molar-refractivity contribution in [2.75, 3.05) is 18.9 Å². The molecule has 98 valence electrons. The zero-order valence-electron chi connectivity index (χ0n) is 10.3. The highest BCUT2D eigenvalue weighted by Gasteiger charge is 2.34. The molecule has 4 nitrogen and oxygen atoms in total. The molecular weight excluding hydrogens is 235 g/mol. The summed E-state index contributed by atoms with van der Waals surface area (Å²) in [6, 6.07) is 3.55. The van der Waals surface area contributed by atoms with Gasteiger partial charge in [-0.2, -0.15) is 0 Å². The summed E-state index contributed by atoms with van der Waals surface area (Å²) in [6.07, 6.45) is 0.839. The van der Waals surface area contributed by atoms with E-state index in [1.165, 1.54) is 12.1 Å². The lowest BCUT2D eigenvalue weighted by Gasteiger charge is -2.25. The van der Waals surface area contributed by atoms with Crippen LogP contribution < -0.4 is 5.73 Å². The molecule has 1 amide bonds. The summed E-state index contributed by atoms with van der Waals surface area (Å²) in [4.78, 5) is 13.9. The molecule has 0 aromatic heterocycles. The van der Waals surface area contributed by atoms with Crippen LogP contribution in [0.2, 0.25) is 0 Å². The second-order valence-electron chi connectivity index (χ2n) is 4.75. The summed E-state index contributed by atoms with van der Waals surface area (Å²) in [5.41, 5.74) is 6.13. The lowest BCUT2D eigenvalue weighted by molar-refractivity contribution is 0.0649. The molecule has 1 heterocycles. The molecule has 2 atom stereocenters. The van der Waals surface area contributed by atoms with E-state index < -0.39 is 5.82 Å². The minimum Gasteiger partial charge on any atom is -0.398 e. The predicted octanol–water partition coefficient (Wildman–Crippen LogP) is 1.25. The molecule has 2 unspecified atom stereocenters. The third-order valence-electron chi connectivity index (χ3n) is 3.58. The number of rotatable bonds is 2. The maximum absolute atomic E-state index is 13.2. The van der Waals surface area contributed by atoms with Crippen LogP contribution >= 0.6 is 0 Å². The Labute approximate surface area is 105 Å². The number of aliphatic hydroxyl groups excluding tert-OH is 1. The highest BCUT2D eigenvalue weighted by atomic mass is 19.1. The lowest BCUT2D eigenvalue weighted by Crippen LogP contribution is -2.40. The quantitative estimate of drug-likeness (QED) is 0.778. The number of benzene rings is 1. The van der Waals surface area contributed by atoms with Crippen LogP contribution in [0.15, 0.2) is 18.2 Å². The molecule has 1 saturated heterocycles. The van der Waals surface area contributed by atoms with Crippen LogP contribution in [0, 0.1) is 11.7 Å². The predicted molar refractivity (Wildman–Crippen MR) is 66.5 cm³/mol. The second kappa shape index (κ2) is 4.94. The van der Waals surface area contributed by atoms with E-state index in [0.717, 1.165) is 12.5 Å². The molecule has 0 aliphatic carbocycles. The Balaban J connectivity index is 2.28. The van der Waals surface area contributed by atoms with Gasteiger partial charge in [0.15, 0.2) is 0 Å². The second-order valence-corrected chi connectivity index (χ2v) is 4.75. The van der Waals surface area contributed by atoms with Gasteiger partial charge in [-0.25, -0.2) is 4.39 Å². The first-order valence-electron chi connectivity index (χ1n) is 6.01. The number of hydrogen-bond acceptors (Lipinski definition) is 3. The standard InChI is InChI=1S/C13H17FN2O2/c1-8-4-5-16(12(8)7-17)13(18)10-6-9(14)2-3-11(10)15/h2-3,6,8,12,17H,4-5,7,15H2,1H3. The van der Waals surface area contributed by atoms with Crippen LogP contribution in [0.1, 0.15) is 23.7 Å². The fraction of sp³-hybridized carbons (Fsp3) is 0.462. The van der Waals surface area contributed by atoms with Gasteiger partial charge in [-0.3, -0.25) is 4.79 Å². The Morgan fingerprint density at radius 3 is 3.00 bits per heavy atom. The number of carbonyl (C=O) groups is 1. The maximum atomic E-state index is 13.2. The molecule has 3 N–H and O–H groups in total. The van der Waals surface area contributed by atoms with E-state index in [2.05, 4.69) is 0 Å². The van der Waals surface area contributed by atoms with Gasteiger partial charge in [-0.15, -0.1) is 0 Å². The van der Waals surface area contributed by atoms with Gasteiger partial charge < -0.3 is 15.7 Å². The number of likely N-dealkylation sites (tertiary alicyclic amines) is 1. The summed E-state index contributed by atoms with van der Waals surface area (Å²) < 4.78 is 13.2. The Hall–Kier alpha value is -1.62. The van der Waals surface area contributed by atoms with Crippen LogP contribution in [-0.4, -0.2) is 35.1 Å². The summed E-state index contributed by atoms with van der Waals surface area (Å²) in [7, 11) is 0. The normalized spacial score (nSPS) is 23.4. The highest BCUT2D eigenvalue weighted by Crippen LogP contribution is 2.27. The van der Waals surface area contributed by atoms with E-state index in [-0.39, 0.29) is 35.7 Å². The van der Waals surface area contributed by atoms with Gasteiger partial charge >= 0.3 is 0 Å². The number of halogens is 1. The van der Waals surface area contributed by atoms with Crippen LogP contribution in [0.5, 0.6) is 0 Å². The Bertz CT molecular complexity index is 464. The summed E-state index contributed by atoms with van der Waals surface area (Å²) in [6.45, 7) is 2.48. The summed E-state index contributed by atoms with van der Waals surface area (Å²) >= 11 is 0. The number of nitrogens with zero attached hydrogens (tertiary/aromatic N) is 1. The largest absolute Gasteiger partial charge is 0.398 e. The molecule has 1 aliphatic heterocycles. The van der Waals surface area contributed by atoms with E-state index >= 15 is 0 Å². The number of carbonyl (C=O) groups excluding carboxylic acids is 1. The average Bonchev–Trinajstić information content (AvgIpc) is 2.72. The first-order chi connectivity index (χ1) is 8.54. The van der Waals surface area contributed by atoms with Crippen LogP contribution in [0.3, 0.4) is 0 Å². The smallest absolute Gasteiger partial charge is 0.256 e. The molecular formula is C13H17FN2O2. The molecule has 0 radical (unpaired) electrons. The van der Waals surface area contributed by atoms with Crippen LogP contribution in [0.25, 0.3) is 0 Å². The number of hydrogen-bond donors (Lipinski definition) is 2. The van der Waals surface area contributed by atoms with E-state index in [1.807, 2.05) is 6.92 Å². The number of aliphatic hydroxyl groups is 1. The van der Waals surface area contributed by atoms with Gasteiger partial charge in [0.2, 0.25) is 0 Å². The third kappa shape index (κ3) is 2.18. The SMILES string of the molecule is CC1CCN(C(=O)c2cc(F)ccc2N)C1CO. The molecule has 0 saturated carbocycles. The Kier molecular flexibility index (Phi) is 3.52. The average molecular weight is 252 g/mol. The minimum atomic E-state index is -0.486. The molecule has 0 spiro atoms. The number of nitrogen functional groups attached to an aromatic ring is 1. The van der Waals surface area contributed by atoms with Crippen molar-refractivity contribution in [1.29, 1.82) is 0 Å². The molecule has 1 fully saturated rings. The molecule has 2 rings (SSSR count). The fourth-order valence-electron chi connectivity index (χ4n) is 2.41. The van der Waals surface area contributed by atoms with Crippen molar-refractivity contribution in [3.05, 3.63) is 29.6 Å². The summed E-state index contributed by atoms with van der Waals surface area (Å²) in [5.74, 6) is -0.551. The van der Waals surface area contributed by atoms with Gasteiger partial charge in [-0.1, -0.05) is 6.92 Å². The van der Waals surface area contributed by atoms with Crippen molar-refractivity contribution in [1.82, 2.24) is 4.90 Å². The zero-order valence-corrected chi connectivity index (χ0v) is 10.3. The molecule has 1 aromatic carbocycles. The topological polar surface area (TPSA) is 66.6 Å². The first-order valence-corrected chi connectivity index (χ1v) is 6.01. The Morgan fingerprint density at radius 2 is 2.33 bits per heavy atom. The van der Waals surface area contributed by atoms with Gasteiger partial charge in [0.1, 0.15) is 5.82 Å². The Morgan fingerprint density at radius 1 is 1.61 bits per heavy atom. The van der Waals surface area contributed by atoms with Crippen molar-refractivity contribution >= 4 is 11.6 Å².